The first kappa shape index (κ1) is 39.3. The van der Waals surface area contributed by atoms with E-state index in [0.29, 0.717) is 22.5 Å². The number of phenolic OH excluding ortho intramolecular Hbond substituents is 1. The molecule has 61 heavy (non-hydrogen) atoms. The monoisotopic (exact) mass is 754 g/mol. The third-order valence-electron chi connectivity index (χ3n) is 12.4. The fraction of sp³-hybridized carbons (Fsp3) is 0.0625. The Morgan fingerprint density at radius 3 is 1.64 bits per heavy atom. The summed E-state index contributed by atoms with van der Waals surface area (Å²) >= 11 is 0. The summed E-state index contributed by atoms with van der Waals surface area (Å²) < 4.78 is 1.96. The van der Waals surface area contributed by atoms with E-state index < -0.39 is 15.6 Å². The van der Waals surface area contributed by atoms with Gasteiger partial charge in [-0.2, -0.15) is 0 Å². The number of rotatable bonds is 6. The van der Waals surface area contributed by atoms with Gasteiger partial charge in [0.1, 0.15) is 43.0 Å². The zero-order valence-corrected chi connectivity index (χ0v) is 32.9. The van der Waals surface area contributed by atoms with Gasteiger partial charge in [0.15, 0.2) is 0 Å². The molecule has 0 unspecified atom stereocenters. The van der Waals surface area contributed by atoms with Crippen LogP contribution in [-0.2, 0) is 5.41 Å². The van der Waals surface area contributed by atoms with Crippen LogP contribution in [0.2, 0.25) is 10.2 Å². The summed E-state index contributed by atoms with van der Waals surface area (Å²) in [6.07, 6.45) is 0. The number of fused-ring (bicyclic) bond motifs is 6. The van der Waals surface area contributed by atoms with Crippen LogP contribution in [0.3, 0.4) is 0 Å². The van der Waals surface area contributed by atoms with Gasteiger partial charge in [0.05, 0.1) is 58.1 Å². The van der Waals surface area contributed by atoms with E-state index in [9.17, 15) is 5.11 Å². The van der Waals surface area contributed by atoms with E-state index in [1.54, 1.807) is 0 Å². The first-order valence-electron chi connectivity index (χ1n) is 19.6. The van der Waals surface area contributed by atoms with E-state index in [-0.39, 0.29) is 33.2 Å². The number of phenols is 1. The molecular weight excluding hydrogens is 729 g/mol. The summed E-state index contributed by atoms with van der Waals surface area (Å²) in [5, 5.41) is 11.0. The van der Waals surface area contributed by atoms with Crippen molar-refractivity contribution in [3.05, 3.63) is 151 Å². The maximum absolute atomic E-state index is 10.9. The second-order valence-corrected chi connectivity index (χ2v) is 16.0. The van der Waals surface area contributed by atoms with Crippen molar-refractivity contribution in [3.8, 4) is 56.2 Å². The fourth-order valence-electron chi connectivity index (χ4n) is 9.81. The highest BCUT2D eigenvalue weighted by Gasteiger charge is 2.55. The van der Waals surface area contributed by atoms with Crippen molar-refractivity contribution >= 4 is 133 Å². The Morgan fingerprint density at radius 1 is 0.475 bits per heavy atom. The Labute approximate surface area is 368 Å². The van der Waals surface area contributed by atoms with Gasteiger partial charge in [-0.05, 0) is 107 Å². The first-order chi connectivity index (χ1) is 29.1. The second kappa shape index (κ2) is 13.9. The molecule has 3 nitrogen and oxygen atoms in total. The van der Waals surface area contributed by atoms with Gasteiger partial charge in [0.25, 0.3) is 0 Å². The number of para-hydroxylation sites is 2. The number of hydrogen-bond donors (Lipinski definition) is 1. The Balaban J connectivity index is 1.23. The molecular formula is C48H24B10N2O. The van der Waals surface area contributed by atoms with Crippen LogP contribution in [0.1, 0.15) is 11.1 Å². The van der Waals surface area contributed by atoms with E-state index in [4.69, 9.17) is 83.4 Å². The molecule has 262 valence electrons. The van der Waals surface area contributed by atoms with Gasteiger partial charge < -0.3 is 5.11 Å². The van der Waals surface area contributed by atoms with Gasteiger partial charge in [-0.15, -0.1) is 15.7 Å². The summed E-state index contributed by atoms with van der Waals surface area (Å²) in [5.74, 6) is 0.0376. The summed E-state index contributed by atoms with van der Waals surface area (Å²) in [6, 6.07) is 46.2. The molecule has 0 bridgehead atoms. The summed E-state index contributed by atoms with van der Waals surface area (Å²) in [6.45, 7) is 0. The van der Waals surface area contributed by atoms with Gasteiger partial charge >= 0.3 is 0 Å². The molecule has 0 aliphatic heterocycles. The highest BCUT2D eigenvalue weighted by molar-refractivity contribution is 6.66. The lowest BCUT2D eigenvalue weighted by Gasteiger charge is -2.56. The van der Waals surface area contributed by atoms with E-state index in [1.165, 1.54) is 0 Å². The van der Waals surface area contributed by atoms with Crippen LogP contribution in [0.15, 0.2) is 140 Å². The predicted octanol–water partition coefficient (Wildman–Crippen LogP) is 4.64. The molecule has 1 aliphatic carbocycles. The van der Waals surface area contributed by atoms with Crippen molar-refractivity contribution < 1.29 is 5.11 Å². The smallest absolute Gasteiger partial charge is 0.144 e. The molecule has 1 N–H and O–H groups in total. The van der Waals surface area contributed by atoms with Crippen molar-refractivity contribution in [2.24, 2.45) is 0 Å². The molecule has 9 aromatic rings. The molecule has 1 aliphatic rings. The molecule has 0 fully saturated rings. The second-order valence-electron chi connectivity index (χ2n) is 16.0. The Kier molecular flexibility index (Phi) is 8.94. The van der Waals surface area contributed by atoms with Crippen LogP contribution in [0, 0.1) is 0 Å². The van der Waals surface area contributed by atoms with E-state index in [2.05, 4.69) is 42.5 Å². The van der Waals surface area contributed by atoms with Gasteiger partial charge in [-0.1, -0.05) is 120 Å². The van der Waals surface area contributed by atoms with Crippen LogP contribution in [-0.4, -0.2) is 93.1 Å². The van der Waals surface area contributed by atoms with Gasteiger partial charge in [0, 0.05) is 11.3 Å². The summed E-state index contributed by atoms with van der Waals surface area (Å²) in [7, 11) is 65.5. The molecule has 20 radical (unpaired) electrons. The van der Waals surface area contributed by atoms with Gasteiger partial charge in [-0.25, -0.2) is 4.98 Å². The van der Waals surface area contributed by atoms with Gasteiger partial charge in [-0.3, -0.25) is 4.57 Å². The lowest BCUT2D eigenvalue weighted by atomic mass is 9.18. The molecule has 13 heteroatoms. The average Bonchev–Trinajstić information content (AvgIpc) is 3.78. The molecule has 0 saturated carbocycles. The largest absolute Gasteiger partial charge is 0.509 e. The molecule has 0 atom stereocenters. The molecule has 8 aromatic carbocycles. The summed E-state index contributed by atoms with van der Waals surface area (Å²) in [5.41, 5.74) is 7.73. The highest BCUT2D eigenvalue weighted by Crippen LogP contribution is 2.65. The van der Waals surface area contributed by atoms with Crippen LogP contribution < -0.4 is 21.9 Å². The lowest BCUT2D eigenvalue weighted by molar-refractivity contribution is 0.484. The van der Waals surface area contributed by atoms with E-state index in [1.807, 2.05) is 102 Å². The number of aromatic nitrogens is 2. The zero-order chi connectivity index (χ0) is 42.7. The average molecular weight is 753 g/mol. The molecule has 1 heterocycles. The Hall–Kier alpha value is -5.80. The number of benzene rings is 8. The van der Waals surface area contributed by atoms with Crippen molar-refractivity contribution in [3.63, 3.8) is 0 Å². The SMILES string of the molecule is [B]c1c([B])c(O)c([B])c(-c2nc3ccccc3n2-c2cccc(-c3c4ccccc4c(-c4ccc5c(c4)C(C([B])([B])[B])(C([B])([B])[B])c4ccccc4-5)c4ccccc34)c2)c1[B]. The van der Waals surface area contributed by atoms with Crippen molar-refractivity contribution in [2.45, 2.75) is 15.6 Å². The zero-order valence-electron chi connectivity index (χ0n) is 32.9. The van der Waals surface area contributed by atoms with Crippen LogP contribution in [0.4, 0.5) is 0 Å². The van der Waals surface area contributed by atoms with Gasteiger partial charge in [0.2, 0.25) is 0 Å². The molecule has 0 spiro atoms. The number of imidazole rings is 1. The van der Waals surface area contributed by atoms with Crippen molar-refractivity contribution in [2.75, 3.05) is 0 Å². The quantitative estimate of drug-likeness (QED) is 0.199. The highest BCUT2D eigenvalue weighted by atomic mass is 16.3. The maximum Gasteiger partial charge on any atom is 0.144 e. The minimum absolute atomic E-state index is 0.0208. The topological polar surface area (TPSA) is 38.1 Å². The summed E-state index contributed by atoms with van der Waals surface area (Å²) in [4.78, 5) is 4.97. The standard InChI is InChI=1S/C48H24B10N2O/c49-40-39(41(50)44(61)43(52)42(40)51)45-59-35-18-7-8-19-36(35)60(45)26-11-9-10-24(22-26)37-29-13-1-3-15-31(29)38(32-16-4-2-14-30(32)37)25-20-21-28-27-12-5-6-17-33(27)46(34(28)23-25,47(53,54)55)48(56,57)58/h1-23,61H. The maximum atomic E-state index is 10.9. The predicted molar refractivity (Wildman–Crippen MR) is 262 cm³/mol. The van der Waals surface area contributed by atoms with E-state index in [0.717, 1.165) is 66.1 Å². The molecule has 10 rings (SSSR count). The third kappa shape index (κ3) is 5.54. The third-order valence-corrected chi connectivity index (χ3v) is 12.4. The lowest BCUT2D eigenvalue weighted by Crippen LogP contribution is -2.52. The van der Waals surface area contributed by atoms with Crippen LogP contribution >= 0.6 is 0 Å². The molecule has 1 aromatic heterocycles. The normalized spacial score (nSPS) is 13.4. The Morgan fingerprint density at radius 2 is 1.02 bits per heavy atom. The minimum Gasteiger partial charge on any atom is -0.509 e. The van der Waals surface area contributed by atoms with Crippen LogP contribution in [0.25, 0.3) is 83.0 Å². The van der Waals surface area contributed by atoms with Crippen molar-refractivity contribution in [1.82, 2.24) is 9.55 Å². The number of nitrogens with zero attached hydrogens (tertiary/aromatic N) is 2. The van der Waals surface area contributed by atoms with Crippen molar-refractivity contribution in [1.29, 1.82) is 0 Å². The fourth-order valence-corrected chi connectivity index (χ4v) is 9.81. The number of aromatic hydroxyl groups is 1. The minimum atomic E-state index is -1.96. The molecule has 0 saturated heterocycles. The molecule has 0 amide bonds. The van der Waals surface area contributed by atoms with E-state index >= 15 is 0 Å². The number of hydrogen-bond acceptors (Lipinski definition) is 2. The first-order valence-corrected chi connectivity index (χ1v) is 19.6. The Bertz CT molecular complexity index is 3210. The van der Waals surface area contributed by atoms with Crippen LogP contribution in [0.5, 0.6) is 5.75 Å².